The Kier molecular flexibility index (Phi) is 25.9. The predicted molar refractivity (Wildman–Crippen MR) is 300 cm³/mol. The SMILES string of the molecule is CC[C@H](C)[C@H](NC(=O)[C@H]1CCCCN1C)C(=O)N(CCc1ccc(NC(=O)[C@H](CCCNC(N)=O)NC(=O)[C@@H](N)C(C)C)cc1)[C@H](C[C@@H](OC(=O)NC)c1nc(C(=O)N[C@@H](Cc2ccccc2)CC(C)C(=O)O)cs1)C(C)C. The lowest BCUT2D eigenvalue weighted by molar-refractivity contribution is -0.142. The first-order chi connectivity index (χ1) is 37.0. The third-order valence-corrected chi connectivity index (χ3v) is 15.4. The van der Waals surface area contributed by atoms with E-state index < -0.39 is 84.1 Å². The number of carboxylic acids is 1. The Labute approximate surface area is 463 Å². The van der Waals surface area contributed by atoms with Crippen molar-refractivity contribution >= 4 is 64.7 Å². The van der Waals surface area contributed by atoms with Crippen LogP contribution in [-0.2, 0) is 41.6 Å². The summed E-state index contributed by atoms with van der Waals surface area (Å²) in [6, 6.07) is 11.5. The molecule has 2 heterocycles. The van der Waals surface area contributed by atoms with Crippen molar-refractivity contribution in [1.82, 2.24) is 41.4 Å². The van der Waals surface area contributed by atoms with E-state index in [9.17, 15) is 38.7 Å². The summed E-state index contributed by atoms with van der Waals surface area (Å²) in [5.41, 5.74) is 13.5. The number of benzene rings is 2. The number of rotatable bonds is 30. The van der Waals surface area contributed by atoms with Crippen molar-refractivity contribution in [1.29, 1.82) is 0 Å². The lowest BCUT2D eigenvalue weighted by Gasteiger charge is -2.40. The van der Waals surface area contributed by atoms with Crippen LogP contribution in [0.5, 0.6) is 0 Å². The lowest BCUT2D eigenvalue weighted by Crippen LogP contribution is -2.59. The first-order valence-electron chi connectivity index (χ1n) is 27.2. The number of likely N-dealkylation sites (N-methyl/N-ethyl adjacent to an activating group) is 1. The molecule has 8 amide bonds. The van der Waals surface area contributed by atoms with Crippen LogP contribution in [0.1, 0.15) is 133 Å². The maximum atomic E-state index is 15.4. The van der Waals surface area contributed by atoms with Crippen molar-refractivity contribution in [2.75, 3.05) is 39.0 Å². The van der Waals surface area contributed by atoms with E-state index in [0.29, 0.717) is 42.8 Å². The minimum Gasteiger partial charge on any atom is -0.481 e. The number of anilines is 1. The van der Waals surface area contributed by atoms with Crippen LogP contribution in [0.15, 0.2) is 60.0 Å². The Bertz CT molecular complexity index is 2440. The number of aromatic nitrogens is 1. The van der Waals surface area contributed by atoms with Crippen LogP contribution in [0.2, 0.25) is 0 Å². The highest BCUT2D eigenvalue weighted by atomic mass is 32.1. The number of carboxylic acid groups (broad SMARTS) is 1. The molecule has 0 spiro atoms. The Balaban J connectivity index is 1.67. The van der Waals surface area contributed by atoms with Crippen molar-refractivity contribution in [2.45, 2.75) is 155 Å². The van der Waals surface area contributed by atoms with E-state index in [4.69, 9.17) is 21.2 Å². The number of primary amides is 1. The standard InChI is InChI=1S/C56H85N11O10S/c1-10-35(6)47(65-50(70)43-20-14-15-27-66(43)9)53(72)67(28-25-37-21-23-39(24-22-37)61-48(68)41(19-16-26-60-55(58)75)63-51(71)46(57)34(4)5)44(33(2)3)31-45(77-56(76)59-8)52-64-42(32-78-52)49(69)62-40(29-36(7)54(73)74)30-38-17-12-11-13-18-38/h11-13,17-18,21-24,32-36,40-41,43-47H,10,14-16,19-20,25-31,57H2,1-9H3,(H,59,76)(H,61,68)(H,62,69)(H,63,71)(H,65,70)(H,73,74)(H3,58,60,75)/t35-,36?,40+,41-,43+,44+,45+,46-,47-/m0/s1. The van der Waals surface area contributed by atoms with Crippen LogP contribution >= 0.6 is 11.3 Å². The molecule has 4 rings (SSSR count). The van der Waals surface area contributed by atoms with Gasteiger partial charge >= 0.3 is 18.1 Å². The van der Waals surface area contributed by atoms with E-state index in [1.165, 1.54) is 7.05 Å². The molecular weight excluding hydrogens is 1020 g/mol. The predicted octanol–water partition coefficient (Wildman–Crippen LogP) is 5.35. The smallest absolute Gasteiger partial charge is 0.407 e. The number of carbonyl (C=O) groups is 8. The number of thiazole rings is 1. The number of nitrogens with zero attached hydrogens (tertiary/aromatic N) is 3. The molecule has 1 saturated heterocycles. The molecule has 21 nitrogen and oxygen atoms in total. The molecule has 1 fully saturated rings. The number of alkyl carbamates (subject to hydrolysis) is 1. The molecule has 9 atom stereocenters. The minimum atomic E-state index is -1.05. The molecule has 11 N–H and O–H groups in total. The Morgan fingerprint density at radius 2 is 1.58 bits per heavy atom. The van der Waals surface area contributed by atoms with Gasteiger partial charge in [-0.25, -0.2) is 14.6 Å². The van der Waals surface area contributed by atoms with E-state index in [1.54, 1.807) is 43.2 Å². The van der Waals surface area contributed by atoms with E-state index in [0.717, 1.165) is 41.9 Å². The van der Waals surface area contributed by atoms with E-state index in [-0.39, 0.29) is 67.6 Å². The largest absolute Gasteiger partial charge is 0.481 e. The van der Waals surface area contributed by atoms with Crippen molar-refractivity contribution < 1.29 is 48.2 Å². The van der Waals surface area contributed by atoms with Gasteiger partial charge in [-0.15, -0.1) is 11.3 Å². The summed E-state index contributed by atoms with van der Waals surface area (Å²) in [6.07, 6.45) is 2.79. The number of hydrogen-bond donors (Lipinski definition) is 9. The Hall–Kier alpha value is -6.65. The van der Waals surface area contributed by atoms with Gasteiger partial charge < -0.3 is 58.1 Å². The van der Waals surface area contributed by atoms with Gasteiger partial charge in [-0.1, -0.05) is 104 Å². The maximum Gasteiger partial charge on any atom is 0.407 e. The van der Waals surface area contributed by atoms with Gasteiger partial charge in [0.15, 0.2) is 6.10 Å². The maximum absolute atomic E-state index is 15.4. The monoisotopic (exact) mass is 1100 g/mol. The van der Waals surface area contributed by atoms with Crippen LogP contribution in [-0.4, -0.2) is 138 Å². The molecule has 1 aromatic heterocycles. The zero-order valence-electron chi connectivity index (χ0n) is 46.8. The average Bonchev–Trinajstić information content (AvgIpc) is 3.93. The number of nitrogens with one attached hydrogen (secondary N) is 6. The first kappa shape index (κ1) is 63.9. The molecule has 430 valence electrons. The van der Waals surface area contributed by atoms with Gasteiger partial charge in [0, 0.05) is 49.7 Å². The summed E-state index contributed by atoms with van der Waals surface area (Å²) < 4.78 is 6.02. The van der Waals surface area contributed by atoms with Crippen LogP contribution in [0.3, 0.4) is 0 Å². The number of ether oxygens (including phenoxy) is 1. The molecule has 22 heteroatoms. The van der Waals surface area contributed by atoms with Gasteiger partial charge in [0.25, 0.3) is 5.91 Å². The van der Waals surface area contributed by atoms with Gasteiger partial charge in [0.1, 0.15) is 22.8 Å². The molecule has 78 heavy (non-hydrogen) atoms. The molecule has 3 aromatic rings. The second kappa shape index (κ2) is 31.7. The van der Waals surface area contributed by atoms with Crippen molar-refractivity contribution in [3.05, 3.63) is 81.8 Å². The summed E-state index contributed by atoms with van der Waals surface area (Å²) in [5, 5.41) is 28.4. The first-order valence-corrected chi connectivity index (χ1v) is 28.1. The number of urea groups is 1. The van der Waals surface area contributed by atoms with E-state index in [2.05, 4.69) is 31.9 Å². The zero-order valence-corrected chi connectivity index (χ0v) is 47.7. The summed E-state index contributed by atoms with van der Waals surface area (Å²) in [5.74, 6) is -4.46. The third-order valence-electron chi connectivity index (χ3n) is 14.4. The van der Waals surface area contributed by atoms with E-state index in [1.807, 2.05) is 82.1 Å². The number of likely N-dealkylation sites (tertiary alicyclic amines) is 1. The summed E-state index contributed by atoms with van der Waals surface area (Å²) >= 11 is 1.12. The Morgan fingerprint density at radius 1 is 0.885 bits per heavy atom. The molecule has 1 aliphatic heterocycles. The molecule has 1 aliphatic rings. The molecule has 1 unspecified atom stereocenters. The highest BCUT2D eigenvalue weighted by Crippen LogP contribution is 2.32. The topological polar surface area (TPSA) is 310 Å². The summed E-state index contributed by atoms with van der Waals surface area (Å²) in [7, 11) is 3.34. The number of nitrogens with two attached hydrogens (primary N) is 2. The van der Waals surface area contributed by atoms with Crippen molar-refractivity contribution in [3.63, 3.8) is 0 Å². The number of carbonyl (C=O) groups excluding carboxylic acids is 7. The fraction of sp³-hybridized carbons (Fsp3) is 0.589. The van der Waals surface area contributed by atoms with Crippen LogP contribution in [0.25, 0.3) is 0 Å². The van der Waals surface area contributed by atoms with Gasteiger partial charge in [0.05, 0.1) is 18.0 Å². The van der Waals surface area contributed by atoms with Gasteiger partial charge in [0.2, 0.25) is 23.6 Å². The molecule has 0 radical (unpaired) electrons. The van der Waals surface area contributed by atoms with Crippen molar-refractivity contribution in [3.8, 4) is 0 Å². The molecule has 0 saturated carbocycles. The normalized spacial score (nSPS) is 16.7. The summed E-state index contributed by atoms with van der Waals surface area (Å²) in [4.78, 5) is 115. The second-order valence-electron chi connectivity index (χ2n) is 21.2. The highest BCUT2D eigenvalue weighted by molar-refractivity contribution is 7.09. The zero-order chi connectivity index (χ0) is 57.6. The van der Waals surface area contributed by atoms with Gasteiger partial charge in [-0.3, -0.25) is 33.7 Å². The number of aliphatic carboxylic acids is 1. The molecule has 0 aliphatic carbocycles. The average molecular weight is 1100 g/mol. The lowest BCUT2D eigenvalue weighted by atomic mass is 9.91. The third kappa shape index (κ3) is 20.0. The second-order valence-corrected chi connectivity index (χ2v) is 22.1. The number of amides is 8. The summed E-state index contributed by atoms with van der Waals surface area (Å²) in [6.45, 7) is 14.1. The minimum absolute atomic E-state index is 0.0514. The Morgan fingerprint density at radius 3 is 2.18 bits per heavy atom. The highest BCUT2D eigenvalue weighted by Gasteiger charge is 2.39. The fourth-order valence-electron chi connectivity index (χ4n) is 9.33. The molecule has 2 aromatic carbocycles. The van der Waals surface area contributed by atoms with Gasteiger partial charge in [-0.2, -0.15) is 0 Å². The van der Waals surface area contributed by atoms with Crippen LogP contribution in [0, 0.1) is 23.7 Å². The molecule has 0 bridgehead atoms. The quantitative estimate of drug-likeness (QED) is 0.0381. The number of hydrogen-bond acceptors (Lipinski definition) is 13. The van der Waals surface area contributed by atoms with Crippen LogP contribution < -0.4 is 43.4 Å². The van der Waals surface area contributed by atoms with Crippen molar-refractivity contribution in [2.24, 2.45) is 35.1 Å². The van der Waals surface area contributed by atoms with Gasteiger partial charge in [-0.05, 0) is 99.6 Å². The molecular formula is C56H85N11O10S. The number of piperidine rings is 1. The van der Waals surface area contributed by atoms with Crippen LogP contribution in [0.4, 0.5) is 15.3 Å². The fourth-order valence-corrected chi connectivity index (χ4v) is 10.2. The van der Waals surface area contributed by atoms with E-state index >= 15 is 4.79 Å².